The number of carbonyl (C=O) groups is 1. The summed E-state index contributed by atoms with van der Waals surface area (Å²) in [6.07, 6.45) is 0. The van der Waals surface area contributed by atoms with E-state index in [4.69, 9.17) is 5.26 Å². The SMILES string of the molecule is CC(C)C(C)(C#N)NC(=O)CNc1ccc(F)c([N+](=O)[O-])c1. The van der Waals surface area contributed by atoms with Crippen LogP contribution in [0.5, 0.6) is 0 Å². The normalized spacial score (nSPS) is 13.1. The molecule has 1 amide bonds. The Hall–Kier alpha value is -2.69. The van der Waals surface area contributed by atoms with E-state index in [1.807, 2.05) is 6.07 Å². The van der Waals surface area contributed by atoms with Crippen LogP contribution in [0.25, 0.3) is 0 Å². The van der Waals surface area contributed by atoms with Crippen LogP contribution in [-0.2, 0) is 4.79 Å². The molecule has 0 saturated heterocycles. The fourth-order valence-corrected chi connectivity index (χ4v) is 1.58. The van der Waals surface area contributed by atoms with Crippen LogP contribution in [0.3, 0.4) is 0 Å². The van der Waals surface area contributed by atoms with E-state index in [1.165, 1.54) is 6.07 Å². The molecular formula is C14H17FN4O3. The molecule has 0 fully saturated rings. The van der Waals surface area contributed by atoms with Crippen molar-refractivity contribution in [2.45, 2.75) is 26.3 Å². The fraction of sp³-hybridized carbons (Fsp3) is 0.429. The van der Waals surface area contributed by atoms with Gasteiger partial charge in [0.15, 0.2) is 0 Å². The van der Waals surface area contributed by atoms with Crippen molar-refractivity contribution in [1.29, 1.82) is 5.26 Å². The van der Waals surface area contributed by atoms with Crippen molar-refractivity contribution >= 4 is 17.3 Å². The van der Waals surface area contributed by atoms with Gasteiger partial charge in [-0.1, -0.05) is 13.8 Å². The van der Waals surface area contributed by atoms with Gasteiger partial charge in [-0.15, -0.1) is 0 Å². The minimum atomic E-state index is -1.01. The minimum absolute atomic E-state index is 0.0895. The molecule has 1 aromatic carbocycles. The number of hydrogen-bond donors (Lipinski definition) is 2. The molecule has 2 N–H and O–H groups in total. The standard InChI is InChI=1S/C14H17FN4O3/c1-9(2)14(3,8-16)18-13(20)7-17-10-4-5-11(15)12(6-10)19(21)22/h4-6,9,17H,7H2,1-3H3,(H,18,20). The third-order valence-electron chi connectivity index (χ3n) is 3.38. The first-order valence-corrected chi connectivity index (χ1v) is 6.59. The number of nitriles is 1. The number of nitrogens with one attached hydrogen (secondary N) is 2. The number of carbonyl (C=O) groups excluding carboxylic acids is 1. The number of amides is 1. The van der Waals surface area contributed by atoms with Gasteiger partial charge in [0.25, 0.3) is 0 Å². The lowest BCUT2D eigenvalue weighted by molar-refractivity contribution is -0.387. The molecule has 22 heavy (non-hydrogen) atoms. The number of rotatable bonds is 6. The molecule has 1 unspecified atom stereocenters. The summed E-state index contributed by atoms with van der Waals surface area (Å²) in [6, 6.07) is 5.29. The van der Waals surface area contributed by atoms with E-state index in [0.717, 1.165) is 12.1 Å². The lowest BCUT2D eigenvalue weighted by atomic mass is 9.90. The van der Waals surface area contributed by atoms with Gasteiger partial charge in [-0.05, 0) is 25.0 Å². The molecule has 7 nitrogen and oxygen atoms in total. The molecule has 0 heterocycles. The summed E-state index contributed by atoms with van der Waals surface area (Å²) in [6.45, 7) is 5.03. The van der Waals surface area contributed by atoms with Crippen LogP contribution in [0.2, 0.25) is 0 Å². The van der Waals surface area contributed by atoms with Crippen molar-refractivity contribution < 1.29 is 14.1 Å². The predicted octanol–water partition coefficient (Wildman–Crippen LogP) is 2.20. The molecule has 8 heteroatoms. The van der Waals surface area contributed by atoms with E-state index in [2.05, 4.69) is 10.6 Å². The molecule has 118 valence electrons. The van der Waals surface area contributed by atoms with Crippen LogP contribution in [0, 0.1) is 33.2 Å². The van der Waals surface area contributed by atoms with Gasteiger partial charge in [0.2, 0.25) is 11.7 Å². The van der Waals surface area contributed by atoms with Crippen molar-refractivity contribution in [2.75, 3.05) is 11.9 Å². The Labute approximate surface area is 127 Å². The van der Waals surface area contributed by atoms with Crippen LogP contribution >= 0.6 is 0 Å². The van der Waals surface area contributed by atoms with Crippen molar-refractivity contribution in [3.05, 3.63) is 34.1 Å². The van der Waals surface area contributed by atoms with Crippen LogP contribution < -0.4 is 10.6 Å². The maximum atomic E-state index is 13.2. The number of halogens is 1. The third kappa shape index (κ3) is 4.15. The Morgan fingerprint density at radius 1 is 1.55 bits per heavy atom. The van der Waals surface area contributed by atoms with Crippen LogP contribution in [0.15, 0.2) is 18.2 Å². The highest BCUT2D eigenvalue weighted by Gasteiger charge is 2.29. The van der Waals surface area contributed by atoms with Crippen LogP contribution in [0.4, 0.5) is 15.8 Å². The highest BCUT2D eigenvalue weighted by Crippen LogP contribution is 2.21. The number of nitro groups is 1. The molecule has 0 spiro atoms. The molecule has 0 radical (unpaired) electrons. The van der Waals surface area contributed by atoms with Gasteiger partial charge in [0.05, 0.1) is 17.5 Å². The van der Waals surface area contributed by atoms with E-state index in [0.29, 0.717) is 0 Å². The first-order valence-electron chi connectivity index (χ1n) is 6.59. The molecule has 0 saturated carbocycles. The van der Waals surface area contributed by atoms with Crippen LogP contribution in [0.1, 0.15) is 20.8 Å². The zero-order valence-electron chi connectivity index (χ0n) is 12.5. The molecule has 0 aliphatic rings. The van der Waals surface area contributed by atoms with Crippen molar-refractivity contribution in [2.24, 2.45) is 5.92 Å². The summed E-state index contributed by atoms with van der Waals surface area (Å²) in [5.41, 5.74) is -1.44. The topological polar surface area (TPSA) is 108 Å². The molecular weight excluding hydrogens is 291 g/mol. The maximum absolute atomic E-state index is 13.2. The van der Waals surface area contributed by atoms with E-state index < -0.39 is 27.9 Å². The lowest BCUT2D eigenvalue weighted by Crippen LogP contribution is -2.50. The molecule has 0 aliphatic heterocycles. The largest absolute Gasteiger partial charge is 0.376 e. The smallest absolute Gasteiger partial charge is 0.306 e. The molecule has 0 bridgehead atoms. The predicted molar refractivity (Wildman–Crippen MR) is 78.5 cm³/mol. The van der Waals surface area contributed by atoms with E-state index in [-0.39, 0.29) is 18.2 Å². The number of nitro benzene ring substituents is 1. The van der Waals surface area contributed by atoms with Gasteiger partial charge < -0.3 is 10.6 Å². The van der Waals surface area contributed by atoms with Gasteiger partial charge >= 0.3 is 5.69 Å². The first-order chi connectivity index (χ1) is 10.2. The highest BCUT2D eigenvalue weighted by atomic mass is 19.1. The number of hydrogen-bond acceptors (Lipinski definition) is 5. The molecule has 1 aromatic rings. The summed E-state index contributed by atoms with van der Waals surface area (Å²) in [7, 11) is 0. The van der Waals surface area contributed by atoms with Gasteiger partial charge in [-0.25, -0.2) is 0 Å². The van der Waals surface area contributed by atoms with E-state index >= 15 is 0 Å². The summed E-state index contributed by atoms with van der Waals surface area (Å²) in [5.74, 6) is -1.48. The average molecular weight is 308 g/mol. The molecule has 1 rings (SSSR count). The second-order valence-corrected chi connectivity index (χ2v) is 5.29. The fourth-order valence-electron chi connectivity index (χ4n) is 1.58. The summed E-state index contributed by atoms with van der Waals surface area (Å²) < 4.78 is 13.2. The lowest BCUT2D eigenvalue weighted by Gasteiger charge is -2.27. The quantitative estimate of drug-likeness (QED) is 0.618. The number of anilines is 1. The number of benzene rings is 1. The van der Waals surface area contributed by atoms with Gasteiger partial charge in [0, 0.05) is 11.8 Å². The Morgan fingerprint density at radius 3 is 2.68 bits per heavy atom. The molecule has 0 aromatic heterocycles. The Morgan fingerprint density at radius 2 is 2.18 bits per heavy atom. The van der Waals surface area contributed by atoms with Gasteiger partial charge in [-0.3, -0.25) is 14.9 Å². The Kier molecular flexibility index (Phi) is 5.40. The Balaban J connectivity index is 2.71. The maximum Gasteiger partial charge on any atom is 0.306 e. The monoisotopic (exact) mass is 308 g/mol. The Bertz CT molecular complexity index is 627. The zero-order chi connectivity index (χ0) is 16.9. The second kappa shape index (κ2) is 6.85. The highest BCUT2D eigenvalue weighted by molar-refractivity contribution is 5.82. The zero-order valence-corrected chi connectivity index (χ0v) is 12.5. The molecule has 0 aliphatic carbocycles. The first kappa shape index (κ1) is 17.4. The minimum Gasteiger partial charge on any atom is -0.376 e. The summed E-state index contributed by atoms with van der Waals surface area (Å²) in [5, 5.41) is 25.0. The average Bonchev–Trinajstić information content (AvgIpc) is 2.45. The van der Waals surface area contributed by atoms with Crippen LogP contribution in [-0.4, -0.2) is 22.9 Å². The van der Waals surface area contributed by atoms with E-state index in [9.17, 15) is 19.3 Å². The number of nitrogens with zero attached hydrogens (tertiary/aromatic N) is 2. The molecule has 1 atom stereocenters. The van der Waals surface area contributed by atoms with Gasteiger partial charge in [0.1, 0.15) is 5.54 Å². The van der Waals surface area contributed by atoms with Crippen molar-refractivity contribution in [1.82, 2.24) is 5.32 Å². The summed E-state index contributed by atoms with van der Waals surface area (Å²) >= 11 is 0. The van der Waals surface area contributed by atoms with E-state index in [1.54, 1.807) is 20.8 Å². The van der Waals surface area contributed by atoms with Crippen molar-refractivity contribution in [3.63, 3.8) is 0 Å². The summed E-state index contributed by atoms with van der Waals surface area (Å²) in [4.78, 5) is 21.6. The van der Waals surface area contributed by atoms with Crippen molar-refractivity contribution in [3.8, 4) is 6.07 Å². The van der Waals surface area contributed by atoms with Gasteiger partial charge in [-0.2, -0.15) is 9.65 Å². The third-order valence-corrected chi connectivity index (χ3v) is 3.38. The second-order valence-electron chi connectivity index (χ2n) is 5.29.